The highest BCUT2D eigenvalue weighted by Gasteiger charge is 2.45. The van der Waals surface area contributed by atoms with Crippen molar-refractivity contribution >= 4 is 11.8 Å². The van der Waals surface area contributed by atoms with Gasteiger partial charge in [0.15, 0.2) is 0 Å². The molecule has 0 saturated carbocycles. The number of rotatable bonds is 6. The van der Waals surface area contributed by atoms with E-state index in [4.69, 9.17) is 5.21 Å². The van der Waals surface area contributed by atoms with E-state index in [9.17, 15) is 9.59 Å². The molecule has 0 radical (unpaired) electrons. The molecular formula is C19H28N2O3. The standard InChI is InChI=1S/C19H28N2O3/c1-5-14(3)16(17(22)20-24)12-21-11-10-19(4,18(21)23)15-8-6-13(2)7-9-15/h6-9,14,16,24H,5,10-12H2,1-4H3,(H,20,22). The summed E-state index contributed by atoms with van der Waals surface area (Å²) in [5.41, 5.74) is 3.40. The molecule has 5 heteroatoms. The summed E-state index contributed by atoms with van der Waals surface area (Å²) in [5, 5.41) is 8.99. The third kappa shape index (κ3) is 3.46. The third-order valence-corrected chi connectivity index (χ3v) is 5.52. The fraction of sp³-hybridized carbons (Fsp3) is 0.579. The second-order valence-corrected chi connectivity index (χ2v) is 7.17. The number of amides is 2. The van der Waals surface area contributed by atoms with Gasteiger partial charge < -0.3 is 4.90 Å². The minimum atomic E-state index is -0.538. The summed E-state index contributed by atoms with van der Waals surface area (Å²) < 4.78 is 0. The molecule has 3 atom stereocenters. The molecule has 132 valence electrons. The first-order valence-corrected chi connectivity index (χ1v) is 8.64. The Morgan fingerprint density at radius 1 is 1.38 bits per heavy atom. The number of benzene rings is 1. The van der Waals surface area contributed by atoms with Crippen molar-refractivity contribution in [3.63, 3.8) is 0 Å². The zero-order valence-corrected chi connectivity index (χ0v) is 15.0. The first kappa shape index (κ1) is 18.5. The number of nitrogens with one attached hydrogen (secondary N) is 1. The van der Waals surface area contributed by atoms with Crippen LogP contribution in [0.1, 0.15) is 44.7 Å². The zero-order valence-electron chi connectivity index (χ0n) is 15.0. The van der Waals surface area contributed by atoms with Gasteiger partial charge in [0.25, 0.3) is 0 Å². The van der Waals surface area contributed by atoms with Gasteiger partial charge in [-0.3, -0.25) is 14.8 Å². The Morgan fingerprint density at radius 3 is 2.54 bits per heavy atom. The smallest absolute Gasteiger partial charge is 0.248 e. The molecule has 0 bridgehead atoms. The summed E-state index contributed by atoms with van der Waals surface area (Å²) in [5.74, 6) is -0.660. The summed E-state index contributed by atoms with van der Waals surface area (Å²) >= 11 is 0. The lowest BCUT2D eigenvalue weighted by Crippen LogP contribution is -2.44. The van der Waals surface area contributed by atoms with Crippen LogP contribution in [-0.4, -0.2) is 35.0 Å². The molecule has 1 saturated heterocycles. The Kier molecular flexibility index (Phi) is 5.65. The van der Waals surface area contributed by atoms with Crippen LogP contribution in [-0.2, 0) is 15.0 Å². The van der Waals surface area contributed by atoms with E-state index in [1.54, 1.807) is 10.4 Å². The fourth-order valence-electron chi connectivity index (χ4n) is 3.41. The molecule has 5 nitrogen and oxygen atoms in total. The van der Waals surface area contributed by atoms with Crippen molar-refractivity contribution in [2.45, 2.75) is 46.0 Å². The lowest BCUT2D eigenvalue weighted by atomic mass is 9.81. The van der Waals surface area contributed by atoms with Crippen LogP contribution in [0.25, 0.3) is 0 Å². The van der Waals surface area contributed by atoms with Crippen molar-refractivity contribution in [1.29, 1.82) is 0 Å². The number of nitrogens with zero attached hydrogens (tertiary/aromatic N) is 1. The Morgan fingerprint density at radius 2 is 2.00 bits per heavy atom. The normalized spacial score (nSPS) is 23.2. The number of aryl methyl sites for hydroxylation is 1. The quantitative estimate of drug-likeness (QED) is 0.621. The molecule has 24 heavy (non-hydrogen) atoms. The predicted octanol–water partition coefficient (Wildman–Crippen LogP) is 2.65. The molecule has 1 fully saturated rings. The highest BCUT2D eigenvalue weighted by atomic mass is 16.5. The highest BCUT2D eigenvalue weighted by molar-refractivity contribution is 5.90. The summed E-state index contributed by atoms with van der Waals surface area (Å²) in [7, 11) is 0. The number of likely N-dealkylation sites (tertiary alicyclic amines) is 1. The monoisotopic (exact) mass is 332 g/mol. The summed E-state index contributed by atoms with van der Waals surface area (Å²) in [6, 6.07) is 8.09. The van der Waals surface area contributed by atoms with Gasteiger partial charge >= 0.3 is 0 Å². The van der Waals surface area contributed by atoms with E-state index in [1.807, 2.05) is 52.0 Å². The minimum Gasteiger partial charge on any atom is -0.341 e. The van der Waals surface area contributed by atoms with Gasteiger partial charge in [0.05, 0.1) is 11.3 Å². The molecule has 2 N–H and O–H groups in total. The molecule has 1 heterocycles. The van der Waals surface area contributed by atoms with E-state index in [-0.39, 0.29) is 11.8 Å². The first-order chi connectivity index (χ1) is 11.3. The molecular weight excluding hydrogens is 304 g/mol. The van der Waals surface area contributed by atoms with Gasteiger partial charge in [-0.15, -0.1) is 0 Å². The van der Waals surface area contributed by atoms with Gasteiger partial charge in [-0.05, 0) is 31.7 Å². The molecule has 2 rings (SSSR count). The van der Waals surface area contributed by atoms with Gasteiger partial charge in [-0.25, -0.2) is 5.48 Å². The lowest BCUT2D eigenvalue weighted by molar-refractivity contribution is -0.138. The molecule has 1 aromatic carbocycles. The maximum atomic E-state index is 13.0. The highest BCUT2D eigenvalue weighted by Crippen LogP contribution is 2.36. The molecule has 0 aromatic heterocycles. The van der Waals surface area contributed by atoms with Crippen molar-refractivity contribution in [2.24, 2.45) is 11.8 Å². The number of carbonyl (C=O) groups excluding carboxylic acids is 2. The maximum Gasteiger partial charge on any atom is 0.248 e. The van der Waals surface area contributed by atoms with Crippen LogP contribution in [0.4, 0.5) is 0 Å². The number of carbonyl (C=O) groups is 2. The van der Waals surface area contributed by atoms with Gasteiger partial charge in [-0.1, -0.05) is 50.1 Å². The number of hydroxylamine groups is 1. The van der Waals surface area contributed by atoms with Gasteiger partial charge in [0, 0.05) is 13.1 Å². The molecule has 0 spiro atoms. The molecule has 3 unspecified atom stereocenters. The van der Waals surface area contributed by atoms with Gasteiger partial charge in [0.1, 0.15) is 0 Å². The van der Waals surface area contributed by atoms with E-state index in [0.29, 0.717) is 13.1 Å². The maximum absolute atomic E-state index is 13.0. The molecule has 1 aliphatic heterocycles. The average Bonchev–Trinajstić information content (AvgIpc) is 2.88. The SMILES string of the molecule is CCC(C)C(CN1CCC(C)(c2ccc(C)cc2)C1=O)C(=O)NO. The largest absolute Gasteiger partial charge is 0.341 e. The summed E-state index contributed by atoms with van der Waals surface area (Å²) in [6.45, 7) is 8.96. The van der Waals surface area contributed by atoms with Crippen LogP contribution in [0, 0.1) is 18.8 Å². The van der Waals surface area contributed by atoms with Crippen LogP contribution in [0.15, 0.2) is 24.3 Å². The zero-order chi connectivity index (χ0) is 17.9. The fourth-order valence-corrected chi connectivity index (χ4v) is 3.41. The Balaban J connectivity index is 2.18. The van der Waals surface area contributed by atoms with E-state index < -0.39 is 17.2 Å². The number of hydrogen-bond acceptors (Lipinski definition) is 3. The van der Waals surface area contributed by atoms with Crippen LogP contribution in [0.2, 0.25) is 0 Å². The average molecular weight is 332 g/mol. The third-order valence-electron chi connectivity index (χ3n) is 5.52. The first-order valence-electron chi connectivity index (χ1n) is 8.64. The molecule has 2 amide bonds. The van der Waals surface area contributed by atoms with Crippen molar-refractivity contribution in [3.8, 4) is 0 Å². The van der Waals surface area contributed by atoms with Gasteiger partial charge in [0.2, 0.25) is 11.8 Å². The summed E-state index contributed by atoms with van der Waals surface area (Å²) in [6.07, 6.45) is 1.55. The Bertz CT molecular complexity index is 599. The minimum absolute atomic E-state index is 0.0606. The lowest BCUT2D eigenvalue weighted by Gasteiger charge is -2.28. The second kappa shape index (κ2) is 7.34. The van der Waals surface area contributed by atoms with Crippen molar-refractivity contribution in [3.05, 3.63) is 35.4 Å². The van der Waals surface area contributed by atoms with E-state index in [2.05, 4.69) is 0 Å². The topological polar surface area (TPSA) is 69.6 Å². The van der Waals surface area contributed by atoms with Crippen molar-refractivity contribution < 1.29 is 14.8 Å². The predicted molar refractivity (Wildman–Crippen MR) is 92.6 cm³/mol. The van der Waals surface area contributed by atoms with Crippen LogP contribution in [0.5, 0.6) is 0 Å². The van der Waals surface area contributed by atoms with Gasteiger partial charge in [-0.2, -0.15) is 0 Å². The molecule has 0 aliphatic carbocycles. The van der Waals surface area contributed by atoms with Crippen molar-refractivity contribution in [1.82, 2.24) is 10.4 Å². The Labute approximate surface area is 144 Å². The van der Waals surface area contributed by atoms with E-state index >= 15 is 0 Å². The van der Waals surface area contributed by atoms with E-state index in [0.717, 1.165) is 18.4 Å². The van der Waals surface area contributed by atoms with Crippen LogP contribution in [0.3, 0.4) is 0 Å². The van der Waals surface area contributed by atoms with E-state index in [1.165, 1.54) is 5.56 Å². The van der Waals surface area contributed by atoms with Crippen LogP contribution >= 0.6 is 0 Å². The van der Waals surface area contributed by atoms with Crippen LogP contribution < -0.4 is 5.48 Å². The second-order valence-electron chi connectivity index (χ2n) is 7.17. The Hall–Kier alpha value is -1.88. The van der Waals surface area contributed by atoms with Crippen molar-refractivity contribution in [2.75, 3.05) is 13.1 Å². The molecule has 1 aromatic rings. The summed E-state index contributed by atoms with van der Waals surface area (Å²) in [4.78, 5) is 26.7. The number of hydrogen-bond donors (Lipinski definition) is 2. The molecule has 1 aliphatic rings.